The van der Waals surface area contributed by atoms with E-state index < -0.39 is 21.1 Å². The van der Waals surface area contributed by atoms with Gasteiger partial charge in [0.2, 0.25) is 0 Å². The number of rotatable bonds is 6. The van der Waals surface area contributed by atoms with E-state index in [0.717, 1.165) is 12.1 Å². The SMILES string of the molecule is O=C(Nc1ccccc1)Nc1ccc(S(=O)(=O)Oc2ccc([N+](=O)[O-])cc2)cc1. The van der Waals surface area contributed by atoms with Gasteiger partial charge in [0.05, 0.1) is 4.92 Å². The molecule has 0 aliphatic heterocycles. The quantitative estimate of drug-likeness (QED) is 0.357. The third-order valence-corrected chi connectivity index (χ3v) is 4.95. The van der Waals surface area contributed by atoms with Crippen molar-refractivity contribution < 1.29 is 22.3 Å². The van der Waals surface area contributed by atoms with Crippen LogP contribution in [0.1, 0.15) is 0 Å². The van der Waals surface area contributed by atoms with Gasteiger partial charge in [-0.3, -0.25) is 10.1 Å². The second-order valence-electron chi connectivity index (χ2n) is 5.76. The number of hydrogen-bond acceptors (Lipinski definition) is 6. The van der Waals surface area contributed by atoms with Crippen molar-refractivity contribution in [3.8, 4) is 5.75 Å². The number of nitro benzene ring substituents is 1. The smallest absolute Gasteiger partial charge is 0.339 e. The monoisotopic (exact) mass is 413 g/mol. The van der Waals surface area contributed by atoms with Crippen LogP contribution in [0.5, 0.6) is 5.75 Å². The molecule has 0 atom stereocenters. The second kappa shape index (κ2) is 8.40. The van der Waals surface area contributed by atoms with Crippen LogP contribution in [0.25, 0.3) is 0 Å². The summed E-state index contributed by atoms with van der Waals surface area (Å²) in [6.45, 7) is 0. The van der Waals surface area contributed by atoms with E-state index in [1.165, 1.54) is 36.4 Å². The Hall–Kier alpha value is -3.92. The third-order valence-electron chi connectivity index (χ3n) is 3.69. The zero-order valence-electron chi connectivity index (χ0n) is 14.8. The Bertz CT molecular complexity index is 1110. The number of urea groups is 1. The maximum atomic E-state index is 12.3. The number of hydrogen-bond donors (Lipinski definition) is 2. The van der Waals surface area contributed by atoms with Crippen molar-refractivity contribution >= 4 is 33.2 Å². The minimum absolute atomic E-state index is 0.0555. The van der Waals surface area contributed by atoms with Crippen LogP contribution in [0, 0.1) is 10.1 Å². The average Bonchev–Trinajstić information content (AvgIpc) is 2.69. The predicted molar refractivity (Wildman–Crippen MR) is 106 cm³/mol. The molecular weight excluding hydrogens is 398 g/mol. The Balaban J connectivity index is 1.65. The van der Waals surface area contributed by atoms with Crippen LogP contribution < -0.4 is 14.8 Å². The number of para-hydroxylation sites is 1. The molecule has 0 heterocycles. The highest BCUT2D eigenvalue weighted by atomic mass is 32.2. The van der Waals surface area contributed by atoms with Gasteiger partial charge in [-0.2, -0.15) is 8.42 Å². The lowest BCUT2D eigenvalue weighted by atomic mass is 10.3. The van der Waals surface area contributed by atoms with Gasteiger partial charge in [-0.05, 0) is 48.5 Å². The summed E-state index contributed by atoms with van der Waals surface area (Å²) in [6, 6.07) is 18.4. The van der Waals surface area contributed by atoms with E-state index in [0.29, 0.717) is 11.4 Å². The highest BCUT2D eigenvalue weighted by Gasteiger charge is 2.17. The van der Waals surface area contributed by atoms with Crippen molar-refractivity contribution in [2.45, 2.75) is 4.90 Å². The Morgan fingerprint density at radius 2 is 1.38 bits per heavy atom. The summed E-state index contributed by atoms with van der Waals surface area (Å²) in [5.41, 5.74) is 0.812. The van der Waals surface area contributed by atoms with Crippen molar-refractivity contribution in [1.82, 2.24) is 0 Å². The molecule has 3 aromatic rings. The highest BCUT2D eigenvalue weighted by Crippen LogP contribution is 2.22. The van der Waals surface area contributed by atoms with Crippen LogP contribution in [-0.2, 0) is 10.1 Å². The summed E-state index contributed by atoms with van der Waals surface area (Å²) in [4.78, 5) is 21.9. The van der Waals surface area contributed by atoms with Gasteiger partial charge in [0.25, 0.3) is 5.69 Å². The molecule has 3 rings (SSSR count). The number of carbonyl (C=O) groups is 1. The molecule has 2 amide bonds. The fourth-order valence-corrected chi connectivity index (χ4v) is 3.25. The van der Waals surface area contributed by atoms with Gasteiger partial charge in [-0.1, -0.05) is 18.2 Å². The number of nitrogens with one attached hydrogen (secondary N) is 2. The van der Waals surface area contributed by atoms with E-state index in [1.807, 2.05) is 6.07 Å². The molecule has 0 unspecified atom stereocenters. The molecule has 0 spiro atoms. The molecule has 3 aromatic carbocycles. The number of carbonyl (C=O) groups excluding carboxylic acids is 1. The molecule has 2 N–H and O–H groups in total. The van der Waals surface area contributed by atoms with E-state index in [-0.39, 0.29) is 16.3 Å². The standard InChI is InChI=1S/C19H15N3O6S/c23-19(20-14-4-2-1-3-5-14)21-15-6-12-18(13-7-15)29(26,27)28-17-10-8-16(9-11-17)22(24)25/h1-13H,(H2,20,21,23). The summed E-state index contributed by atoms with van der Waals surface area (Å²) < 4.78 is 29.7. The third kappa shape index (κ3) is 5.30. The number of benzene rings is 3. The molecule has 0 saturated carbocycles. The fourth-order valence-electron chi connectivity index (χ4n) is 2.32. The van der Waals surface area contributed by atoms with Crippen LogP contribution in [-0.4, -0.2) is 19.4 Å². The van der Waals surface area contributed by atoms with E-state index >= 15 is 0 Å². The van der Waals surface area contributed by atoms with E-state index in [1.54, 1.807) is 24.3 Å². The first-order valence-electron chi connectivity index (χ1n) is 8.25. The van der Waals surface area contributed by atoms with E-state index in [9.17, 15) is 23.3 Å². The van der Waals surface area contributed by atoms with Crippen molar-refractivity contribution in [2.24, 2.45) is 0 Å². The lowest BCUT2D eigenvalue weighted by Gasteiger charge is -2.09. The van der Waals surface area contributed by atoms with Crippen LogP contribution in [0.2, 0.25) is 0 Å². The molecule has 0 fully saturated rings. The predicted octanol–water partition coefficient (Wildman–Crippen LogP) is 4.01. The van der Waals surface area contributed by atoms with E-state index in [4.69, 9.17) is 4.18 Å². The summed E-state index contributed by atoms with van der Waals surface area (Å²) in [5, 5.41) is 15.9. The summed E-state index contributed by atoms with van der Waals surface area (Å²) in [5.74, 6) is -0.0555. The first-order chi connectivity index (χ1) is 13.8. The molecule has 0 bridgehead atoms. The van der Waals surface area contributed by atoms with Crippen LogP contribution in [0.3, 0.4) is 0 Å². The second-order valence-corrected chi connectivity index (χ2v) is 7.30. The first kappa shape index (κ1) is 19.8. The molecule has 0 aromatic heterocycles. The highest BCUT2D eigenvalue weighted by molar-refractivity contribution is 7.87. The molecule has 148 valence electrons. The van der Waals surface area contributed by atoms with Gasteiger partial charge < -0.3 is 14.8 Å². The van der Waals surface area contributed by atoms with Crippen LogP contribution in [0.15, 0.2) is 83.8 Å². The van der Waals surface area contributed by atoms with Crippen molar-refractivity contribution in [3.63, 3.8) is 0 Å². The number of nitro groups is 1. The molecule has 0 aliphatic rings. The molecule has 0 aliphatic carbocycles. The summed E-state index contributed by atoms with van der Waals surface area (Å²) in [7, 11) is -4.14. The number of nitrogens with zero attached hydrogens (tertiary/aromatic N) is 1. The Kier molecular flexibility index (Phi) is 5.74. The minimum Gasteiger partial charge on any atom is -0.379 e. The van der Waals surface area contributed by atoms with Gasteiger partial charge in [-0.15, -0.1) is 0 Å². The maximum absolute atomic E-state index is 12.3. The van der Waals surface area contributed by atoms with E-state index in [2.05, 4.69) is 10.6 Å². The Morgan fingerprint density at radius 3 is 1.93 bits per heavy atom. The largest absolute Gasteiger partial charge is 0.379 e. The van der Waals surface area contributed by atoms with Crippen molar-refractivity contribution in [3.05, 3.63) is 89.0 Å². The van der Waals surface area contributed by atoms with Gasteiger partial charge in [0, 0.05) is 23.5 Å². The zero-order valence-corrected chi connectivity index (χ0v) is 15.6. The molecule has 10 heteroatoms. The molecule has 0 radical (unpaired) electrons. The lowest BCUT2D eigenvalue weighted by molar-refractivity contribution is -0.384. The van der Waals surface area contributed by atoms with Gasteiger partial charge in [-0.25, -0.2) is 4.79 Å². The number of non-ortho nitro benzene ring substituents is 1. The average molecular weight is 413 g/mol. The molecular formula is C19H15N3O6S. The normalized spacial score (nSPS) is 10.8. The van der Waals surface area contributed by atoms with Crippen molar-refractivity contribution in [2.75, 3.05) is 10.6 Å². The Labute approximate surface area is 166 Å². The zero-order chi connectivity index (χ0) is 20.9. The van der Waals surface area contributed by atoms with Gasteiger partial charge >= 0.3 is 16.1 Å². The molecule has 29 heavy (non-hydrogen) atoms. The lowest BCUT2D eigenvalue weighted by Crippen LogP contribution is -2.19. The topological polar surface area (TPSA) is 128 Å². The van der Waals surface area contributed by atoms with Gasteiger partial charge in [0.1, 0.15) is 10.6 Å². The molecule has 0 saturated heterocycles. The van der Waals surface area contributed by atoms with Crippen molar-refractivity contribution in [1.29, 1.82) is 0 Å². The van der Waals surface area contributed by atoms with Crippen LogP contribution >= 0.6 is 0 Å². The number of amides is 2. The minimum atomic E-state index is -4.14. The fraction of sp³-hybridized carbons (Fsp3) is 0. The summed E-state index contributed by atoms with van der Waals surface area (Å²) in [6.07, 6.45) is 0. The Morgan fingerprint density at radius 1 is 0.828 bits per heavy atom. The van der Waals surface area contributed by atoms with Crippen LogP contribution in [0.4, 0.5) is 21.9 Å². The first-order valence-corrected chi connectivity index (χ1v) is 9.66. The summed E-state index contributed by atoms with van der Waals surface area (Å²) >= 11 is 0. The molecule has 9 nitrogen and oxygen atoms in total. The maximum Gasteiger partial charge on any atom is 0.339 e. The number of anilines is 2. The van der Waals surface area contributed by atoms with Gasteiger partial charge in [0.15, 0.2) is 0 Å².